The van der Waals surface area contributed by atoms with Crippen LogP contribution in [0.1, 0.15) is 63.3 Å². The van der Waals surface area contributed by atoms with Crippen molar-refractivity contribution >= 4 is 5.57 Å². The van der Waals surface area contributed by atoms with Crippen molar-refractivity contribution in [2.75, 3.05) is 0 Å². The molecule has 0 radical (unpaired) electrons. The smallest absolute Gasteiger partial charge is 0.0516 e. The Kier molecular flexibility index (Phi) is 8.47. The second-order valence-corrected chi connectivity index (χ2v) is 8.50. The monoisotopic (exact) mass is 408 g/mol. The molecule has 0 aliphatic rings. The minimum absolute atomic E-state index is 0.449. The maximum atomic E-state index is 6.12. The van der Waals surface area contributed by atoms with Crippen LogP contribution in [-0.2, 0) is 0 Å². The predicted molar refractivity (Wildman–Crippen MR) is 138 cm³/mol. The fraction of sp³-hybridized carbons (Fsp3) is 0.290. The Bertz CT molecular complexity index is 1060. The van der Waals surface area contributed by atoms with Crippen LogP contribution >= 0.6 is 0 Å². The number of allylic oxidation sites excluding steroid dienone is 7. The fourth-order valence-corrected chi connectivity index (χ4v) is 3.87. The maximum Gasteiger partial charge on any atom is 0.0516 e. The molecule has 0 aliphatic heterocycles. The third-order valence-corrected chi connectivity index (χ3v) is 5.82. The number of terminal acetylenes is 1. The zero-order valence-electron chi connectivity index (χ0n) is 20.2. The summed E-state index contributed by atoms with van der Waals surface area (Å²) in [7, 11) is 0. The van der Waals surface area contributed by atoms with E-state index in [1.165, 1.54) is 39.0 Å². The summed E-state index contributed by atoms with van der Waals surface area (Å²) >= 11 is 0. The lowest BCUT2D eigenvalue weighted by molar-refractivity contribution is 0.620. The van der Waals surface area contributed by atoms with Gasteiger partial charge in [0.25, 0.3) is 0 Å². The lowest BCUT2D eigenvalue weighted by Crippen LogP contribution is -2.17. The first-order valence-corrected chi connectivity index (χ1v) is 11.1. The van der Waals surface area contributed by atoms with Gasteiger partial charge in [-0.05, 0) is 81.4 Å². The molecule has 0 heterocycles. The topological polar surface area (TPSA) is 0 Å². The SMILES string of the molecule is C#CC(C)(C)C(=C(/c1ccccc1)c1cc(C)ccc1C)/C(/C=C/C(=C/C)CC)=C/C. The summed E-state index contributed by atoms with van der Waals surface area (Å²) < 4.78 is 0. The van der Waals surface area contributed by atoms with Gasteiger partial charge in [0.1, 0.15) is 0 Å². The van der Waals surface area contributed by atoms with Crippen molar-refractivity contribution in [3.05, 3.63) is 112 Å². The van der Waals surface area contributed by atoms with Crippen molar-refractivity contribution in [3.63, 3.8) is 0 Å². The van der Waals surface area contributed by atoms with Crippen molar-refractivity contribution in [2.24, 2.45) is 5.41 Å². The Hall–Kier alpha value is -3.04. The summed E-state index contributed by atoms with van der Waals surface area (Å²) in [4.78, 5) is 0. The number of aryl methyl sites for hydroxylation is 2. The van der Waals surface area contributed by atoms with Crippen molar-refractivity contribution in [1.82, 2.24) is 0 Å². The maximum absolute atomic E-state index is 6.12. The first kappa shape index (κ1) is 24.2. The van der Waals surface area contributed by atoms with E-state index in [1.807, 2.05) is 0 Å². The van der Waals surface area contributed by atoms with Gasteiger partial charge in [0.05, 0.1) is 5.41 Å². The molecule has 0 heteroatoms. The summed E-state index contributed by atoms with van der Waals surface area (Å²) in [6, 6.07) is 17.3. The van der Waals surface area contributed by atoms with Crippen LogP contribution in [0.5, 0.6) is 0 Å². The van der Waals surface area contributed by atoms with E-state index in [2.05, 4.69) is 127 Å². The molecule has 31 heavy (non-hydrogen) atoms. The highest BCUT2D eigenvalue weighted by Crippen LogP contribution is 2.42. The molecule has 2 aromatic rings. The highest BCUT2D eigenvalue weighted by Gasteiger charge is 2.28. The van der Waals surface area contributed by atoms with Gasteiger partial charge in [-0.25, -0.2) is 0 Å². The largest absolute Gasteiger partial charge is 0.119 e. The van der Waals surface area contributed by atoms with Crippen molar-refractivity contribution in [2.45, 2.75) is 54.9 Å². The van der Waals surface area contributed by atoms with Crippen LogP contribution < -0.4 is 0 Å². The molecule has 0 fully saturated rings. The Morgan fingerprint density at radius 2 is 1.65 bits per heavy atom. The van der Waals surface area contributed by atoms with Crippen LogP contribution in [0, 0.1) is 31.6 Å². The van der Waals surface area contributed by atoms with Gasteiger partial charge < -0.3 is 0 Å². The molecule has 0 nitrogen and oxygen atoms in total. The first-order chi connectivity index (χ1) is 14.8. The van der Waals surface area contributed by atoms with Crippen molar-refractivity contribution in [1.29, 1.82) is 0 Å². The van der Waals surface area contributed by atoms with E-state index in [4.69, 9.17) is 6.42 Å². The Labute approximate surface area is 190 Å². The van der Waals surface area contributed by atoms with Gasteiger partial charge >= 0.3 is 0 Å². The van der Waals surface area contributed by atoms with Crippen LogP contribution in [0.15, 0.2) is 89.6 Å². The Morgan fingerprint density at radius 3 is 2.19 bits per heavy atom. The van der Waals surface area contributed by atoms with E-state index in [9.17, 15) is 0 Å². The minimum atomic E-state index is -0.449. The second-order valence-electron chi connectivity index (χ2n) is 8.50. The van der Waals surface area contributed by atoms with Crippen LogP contribution in [0.2, 0.25) is 0 Å². The molecule has 2 aromatic carbocycles. The average Bonchev–Trinajstić information content (AvgIpc) is 2.78. The summed E-state index contributed by atoms with van der Waals surface area (Å²) in [5, 5.41) is 0. The van der Waals surface area contributed by atoms with Crippen molar-refractivity contribution in [3.8, 4) is 12.3 Å². The van der Waals surface area contributed by atoms with E-state index in [0.717, 1.165) is 12.0 Å². The third kappa shape index (κ3) is 5.77. The van der Waals surface area contributed by atoms with Crippen LogP contribution in [0.4, 0.5) is 0 Å². The Balaban J connectivity index is 2.99. The third-order valence-electron chi connectivity index (χ3n) is 5.82. The molecular weight excluding hydrogens is 372 g/mol. The predicted octanol–water partition coefficient (Wildman–Crippen LogP) is 8.62. The van der Waals surface area contributed by atoms with Gasteiger partial charge in [0, 0.05) is 0 Å². The number of benzene rings is 2. The van der Waals surface area contributed by atoms with Crippen molar-refractivity contribution < 1.29 is 0 Å². The molecule has 160 valence electrons. The molecular formula is C31H36. The molecule has 0 saturated heterocycles. The fourth-order valence-electron chi connectivity index (χ4n) is 3.87. The quantitative estimate of drug-likeness (QED) is 0.318. The van der Waals surface area contributed by atoms with Crippen LogP contribution in [-0.4, -0.2) is 0 Å². The van der Waals surface area contributed by atoms with Gasteiger partial charge in [-0.3, -0.25) is 0 Å². The van der Waals surface area contributed by atoms with Gasteiger partial charge in [0.2, 0.25) is 0 Å². The molecule has 0 saturated carbocycles. The lowest BCUT2D eigenvalue weighted by Gasteiger charge is -2.29. The molecule has 0 aliphatic carbocycles. The van der Waals surface area contributed by atoms with Gasteiger partial charge in [-0.15, -0.1) is 6.42 Å². The standard InChI is InChI=1S/C31H36/c1-9-25(10-2)20-21-26(11-3)30(31(7,8)12-4)29(27-16-14-13-15-17-27)28-22-23(5)18-19-24(28)6/h4,9,11,13-22H,10H2,1-3,5-8H3/b21-20+,25-9+,26-11+,30-29-. The van der Waals surface area contributed by atoms with Crippen LogP contribution in [0.25, 0.3) is 5.57 Å². The molecule has 0 unspecified atom stereocenters. The second kappa shape index (κ2) is 10.8. The van der Waals surface area contributed by atoms with Gasteiger partial charge in [-0.1, -0.05) is 96.8 Å². The van der Waals surface area contributed by atoms with E-state index >= 15 is 0 Å². The number of hydrogen-bond donors (Lipinski definition) is 0. The van der Waals surface area contributed by atoms with E-state index in [0.29, 0.717) is 0 Å². The molecule has 0 atom stereocenters. The normalized spacial score (nSPS) is 13.9. The molecule has 0 spiro atoms. The number of rotatable bonds is 7. The molecule has 0 amide bonds. The van der Waals surface area contributed by atoms with E-state index in [1.54, 1.807) is 0 Å². The molecule has 0 aromatic heterocycles. The van der Waals surface area contributed by atoms with Gasteiger partial charge in [-0.2, -0.15) is 0 Å². The van der Waals surface area contributed by atoms with Gasteiger partial charge in [0.15, 0.2) is 0 Å². The zero-order valence-corrected chi connectivity index (χ0v) is 20.2. The van der Waals surface area contributed by atoms with E-state index < -0.39 is 5.41 Å². The lowest BCUT2D eigenvalue weighted by atomic mass is 9.74. The summed E-state index contributed by atoms with van der Waals surface area (Å²) in [6.45, 7) is 15.0. The zero-order chi connectivity index (χ0) is 23.0. The highest BCUT2D eigenvalue weighted by molar-refractivity contribution is 5.88. The van der Waals surface area contributed by atoms with E-state index in [-0.39, 0.29) is 0 Å². The molecule has 0 N–H and O–H groups in total. The molecule has 2 rings (SSSR count). The summed E-state index contributed by atoms with van der Waals surface area (Å²) in [5.41, 5.74) is 9.32. The summed E-state index contributed by atoms with van der Waals surface area (Å²) in [5.74, 6) is 3.08. The average molecular weight is 409 g/mol. The summed E-state index contributed by atoms with van der Waals surface area (Å²) in [6.07, 6.45) is 15.9. The highest BCUT2D eigenvalue weighted by atomic mass is 14.3. The Morgan fingerprint density at radius 1 is 0.968 bits per heavy atom. The number of hydrogen-bond acceptors (Lipinski definition) is 0. The minimum Gasteiger partial charge on any atom is -0.119 e. The van der Waals surface area contributed by atoms with Crippen LogP contribution in [0.3, 0.4) is 0 Å². The first-order valence-electron chi connectivity index (χ1n) is 11.1. The molecule has 0 bridgehead atoms.